The lowest BCUT2D eigenvalue weighted by Gasteiger charge is -2.22. The summed E-state index contributed by atoms with van der Waals surface area (Å²) < 4.78 is 0. The van der Waals surface area contributed by atoms with E-state index >= 15 is 0 Å². The average Bonchev–Trinajstić information content (AvgIpc) is 2.36. The molecule has 5 heteroatoms. The first-order valence-corrected chi connectivity index (χ1v) is 6.81. The molecule has 0 spiro atoms. The fourth-order valence-corrected chi connectivity index (χ4v) is 1.92. The van der Waals surface area contributed by atoms with Crippen LogP contribution in [0.4, 0.5) is 0 Å². The maximum absolute atomic E-state index is 11.6. The van der Waals surface area contributed by atoms with Gasteiger partial charge < -0.3 is 5.32 Å². The fourth-order valence-electron chi connectivity index (χ4n) is 1.92. The molecule has 0 aromatic heterocycles. The number of nitrogens with zero attached hydrogens (tertiary/aromatic N) is 1. The number of hydrogen-bond acceptors (Lipinski definition) is 3. The van der Waals surface area contributed by atoms with Gasteiger partial charge in [0.2, 0.25) is 0 Å². The summed E-state index contributed by atoms with van der Waals surface area (Å²) in [6.45, 7) is 11.5. The molecule has 0 unspecified atom stereocenters. The van der Waals surface area contributed by atoms with Crippen LogP contribution in [0, 0.1) is 5.92 Å². The monoisotopic (exact) mass is 277 g/mol. The van der Waals surface area contributed by atoms with E-state index in [4.69, 9.17) is 0 Å². The molecule has 0 heterocycles. The summed E-state index contributed by atoms with van der Waals surface area (Å²) in [5, 5.41) is 6.59. The van der Waals surface area contributed by atoms with Crippen LogP contribution in [0.5, 0.6) is 0 Å². The minimum absolute atomic E-state index is 0.0787. The van der Waals surface area contributed by atoms with E-state index in [1.165, 1.54) is 0 Å². The third kappa shape index (κ3) is 4.64. The van der Waals surface area contributed by atoms with Crippen molar-refractivity contribution in [1.82, 2.24) is 10.7 Å². The molecule has 2 amide bonds. The van der Waals surface area contributed by atoms with Crippen LogP contribution in [0.15, 0.2) is 28.9 Å². The van der Waals surface area contributed by atoms with Gasteiger partial charge in [-0.05, 0) is 52.0 Å². The Hall–Kier alpha value is -1.91. The van der Waals surface area contributed by atoms with Crippen molar-refractivity contribution in [3.8, 4) is 0 Å². The molecular weight excluding hydrogens is 254 g/mol. The van der Waals surface area contributed by atoms with Gasteiger partial charge in [-0.15, -0.1) is 0 Å². The number of carbonyl (C=O) groups excluding carboxylic acids is 2. The van der Waals surface area contributed by atoms with Gasteiger partial charge in [0.1, 0.15) is 0 Å². The molecule has 0 radical (unpaired) electrons. The zero-order chi connectivity index (χ0) is 15.3. The molecule has 110 valence electrons. The van der Waals surface area contributed by atoms with E-state index in [9.17, 15) is 9.59 Å². The van der Waals surface area contributed by atoms with Crippen molar-refractivity contribution in [3.63, 3.8) is 0 Å². The molecular formula is C15H23N3O2. The zero-order valence-corrected chi connectivity index (χ0v) is 12.6. The molecule has 0 saturated heterocycles. The van der Waals surface area contributed by atoms with Gasteiger partial charge in [0.25, 0.3) is 0 Å². The molecule has 20 heavy (non-hydrogen) atoms. The molecule has 5 nitrogen and oxygen atoms in total. The second-order valence-corrected chi connectivity index (χ2v) is 5.50. The van der Waals surface area contributed by atoms with Crippen molar-refractivity contribution in [2.24, 2.45) is 11.0 Å². The quantitative estimate of drug-likeness (QED) is 0.470. The van der Waals surface area contributed by atoms with Crippen LogP contribution < -0.4 is 10.7 Å². The van der Waals surface area contributed by atoms with Gasteiger partial charge in [0, 0.05) is 6.04 Å². The van der Waals surface area contributed by atoms with Crippen molar-refractivity contribution in [2.45, 2.75) is 46.6 Å². The summed E-state index contributed by atoms with van der Waals surface area (Å²) in [4.78, 5) is 23.0. The lowest BCUT2D eigenvalue weighted by Crippen LogP contribution is -2.41. The highest BCUT2D eigenvalue weighted by atomic mass is 16.2. The lowest BCUT2D eigenvalue weighted by molar-refractivity contribution is -0.139. The molecule has 1 atom stereocenters. The summed E-state index contributed by atoms with van der Waals surface area (Å²) in [6.07, 6.45) is 3.77. The van der Waals surface area contributed by atoms with Gasteiger partial charge in [-0.25, -0.2) is 5.43 Å². The van der Waals surface area contributed by atoms with Crippen LogP contribution in [0.2, 0.25) is 0 Å². The first-order valence-electron chi connectivity index (χ1n) is 6.81. The van der Waals surface area contributed by atoms with Gasteiger partial charge in [-0.2, -0.15) is 5.10 Å². The predicted octanol–water partition coefficient (Wildman–Crippen LogP) is 1.92. The Morgan fingerprint density at radius 3 is 2.60 bits per heavy atom. The summed E-state index contributed by atoms with van der Waals surface area (Å²) >= 11 is 0. The lowest BCUT2D eigenvalue weighted by atomic mass is 9.85. The van der Waals surface area contributed by atoms with Crippen LogP contribution in [0.1, 0.15) is 40.5 Å². The molecule has 0 bridgehead atoms. The van der Waals surface area contributed by atoms with E-state index in [2.05, 4.69) is 28.5 Å². The van der Waals surface area contributed by atoms with Crippen LogP contribution in [-0.4, -0.2) is 23.6 Å². The molecule has 0 aromatic carbocycles. The van der Waals surface area contributed by atoms with E-state index in [1.807, 2.05) is 13.8 Å². The number of carbonyl (C=O) groups is 2. The molecule has 1 aliphatic rings. The Morgan fingerprint density at radius 1 is 1.40 bits per heavy atom. The highest BCUT2D eigenvalue weighted by molar-refractivity contribution is 6.35. The minimum Gasteiger partial charge on any atom is -0.346 e. The third-order valence-corrected chi connectivity index (χ3v) is 3.22. The van der Waals surface area contributed by atoms with Crippen LogP contribution in [0.3, 0.4) is 0 Å². The molecule has 0 saturated carbocycles. The van der Waals surface area contributed by atoms with E-state index in [1.54, 1.807) is 13.8 Å². The normalized spacial score (nSPS) is 20.6. The molecule has 1 rings (SSSR count). The van der Waals surface area contributed by atoms with Gasteiger partial charge in [0.05, 0.1) is 5.71 Å². The van der Waals surface area contributed by atoms with E-state index < -0.39 is 11.8 Å². The van der Waals surface area contributed by atoms with Crippen LogP contribution in [-0.2, 0) is 9.59 Å². The molecule has 1 aliphatic carbocycles. The van der Waals surface area contributed by atoms with Crippen molar-refractivity contribution in [1.29, 1.82) is 0 Å². The van der Waals surface area contributed by atoms with Crippen LogP contribution in [0.25, 0.3) is 0 Å². The maximum atomic E-state index is 11.6. The predicted molar refractivity (Wildman–Crippen MR) is 80.2 cm³/mol. The largest absolute Gasteiger partial charge is 0.346 e. The zero-order valence-electron chi connectivity index (χ0n) is 12.6. The molecule has 0 fully saturated rings. The topological polar surface area (TPSA) is 70.6 Å². The second-order valence-electron chi connectivity index (χ2n) is 5.50. The molecule has 0 aliphatic heterocycles. The average molecular weight is 277 g/mol. The SMILES string of the molecule is C=C(C)[C@H]1CC=C(C)/C(=N\NC(=O)C(=O)NC(C)C)C1. The first kappa shape index (κ1) is 16.1. The Balaban J connectivity index is 2.67. The second kappa shape index (κ2) is 7.03. The van der Waals surface area contributed by atoms with E-state index in [0.29, 0.717) is 5.92 Å². The number of hydrazone groups is 1. The van der Waals surface area contributed by atoms with Crippen molar-refractivity contribution < 1.29 is 9.59 Å². The highest BCUT2D eigenvalue weighted by Crippen LogP contribution is 2.26. The third-order valence-electron chi connectivity index (χ3n) is 3.22. The number of amides is 2. The summed E-state index contributed by atoms with van der Waals surface area (Å²) in [5.41, 5.74) is 5.25. The van der Waals surface area contributed by atoms with E-state index in [0.717, 1.165) is 29.7 Å². The van der Waals surface area contributed by atoms with Gasteiger partial charge in [0.15, 0.2) is 0 Å². The smallest absolute Gasteiger partial charge is 0.329 e. The van der Waals surface area contributed by atoms with Crippen molar-refractivity contribution in [2.75, 3.05) is 0 Å². The standard InChI is InChI=1S/C15H23N3O2/c1-9(2)12-7-6-11(5)13(8-12)17-18-15(20)14(19)16-10(3)4/h6,10,12H,1,7-8H2,2-5H3,(H,16,19)(H,18,20)/b17-13-/t12-/m0/s1. The Morgan fingerprint density at radius 2 is 2.05 bits per heavy atom. The Labute approximate surface area is 120 Å². The summed E-state index contributed by atoms with van der Waals surface area (Å²) in [7, 11) is 0. The molecule has 0 aromatic rings. The molecule has 2 N–H and O–H groups in total. The van der Waals surface area contributed by atoms with E-state index in [-0.39, 0.29) is 6.04 Å². The summed E-state index contributed by atoms with van der Waals surface area (Å²) in [6, 6.07) is -0.0787. The number of hydrogen-bond donors (Lipinski definition) is 2. The van der Waals surface area contributed by atoms with Crippen LogP contribution >= 0.6 is 0 Å². The Bertz CT molecular complexity index is 476. The van der Waals surface area contributed by atoms with Gasteiger partial charge in [-0.1, -0.05) is 18.2 Å². The first-order chi connectivity index (χ1) is 9.31. The number of nitrogens with one attached hydrogen (secondary N) is 2. The van der Waals surface area contributed by atoms with Gasteiger partial charge >= 0.3 is 11.8 Å². The highest BCUT2D eigenvalue weighted by Gasteiger charge is 2.19. The number of allylic oxidation sites excluding steroid dienone is 3. The van der Waals surface area contributed by atoms with Gasteiger partial charge in [-0.3, -0.25) is 9.59 Å². The number of rotatable bonds is 3. The Kier molecular flexibility index (Phi) is 5.67. The van der Waals surface area contributed by atoms with Crippen molar-refractivity contribution >= 4 is 17.5 Å². The minimum atomic E-state index is -0.739. The maximum Gasteiger partial charge on any atom is 0.329 e. The fraction of sp³-hybridized carbons (Fsp3) is 0.533. The van der Waals surface area contributed by atoms with Crippen molar-refractivity contribution in [3.05, 3.63) is 23.8 Å². The summed E-state index contributed by atoms with van der Waals surface area (Å²) in [5.74, 6) is -1.06.